The van der Waals surface area contributed by atoms with Gasteiger partial charge in [-0.15, -0.1) is 0 Å². The summed E-state index contributed by atoms with van der Waals surface area (Å²) in [6.45, 7) is 3.67. The summed E-state index contributed by atoms with van der Waals surface area (Å²) in [6.07, 6.45) is 1.95. The van der Waals surface area contributed by atoms with Crippen molar-refractivity contribution in [1.82, 2.24) is 9.78 Å². The Balaban J connectivity index is 2.04. The standard InChI is InChI=1S/C27H26N2O2/c1-26(2,25(30)31-3)24-19-20-29(28-24)27(21-13-7-4-8-14-21,22-15-9-5-10-16-22)23-17-11-6-12-18-23/h4-20H,1-3H3. The monoisotopic (exact) mass is 410 g/mol. The van der Waals surface area contributed by atoms with Crippen molar-refractivity contribution < 1.29 is 9.53 Å². The van der Waals surface area contributed by atoms with E-state index in [4.69, 9.17) is 9.84 Å². The highest BCUT2D eigenvalue weighted by Crippen LogP contribution is 2.40. The predicted molar refractivity (Wildman–Crippen MR) is 122 cm³/mol. The van der Waals surface area contributed by atoms with Gasteiger partial charge in [-0.05, 0) is 36.6 Å². The fourth-order valence-corrected chi connectivity index (χ4v) is 4.14. The number of rotatable bonds is 6. The van der Waals surface area contributed by atoms with E-state index in [0.717, 1.165) is 16.7 Å². The maximum atomic E-state index is 12.4. The highest BCUT2D eigenvalue weighted by Gasteiger charge is 2.41. The molecule has 0 N–H and O–H groups in total. The quantitative estimate of drug-likeness (QED) is 0.325. The van der Waals surface area contributed by atoms with Gasteiger partial charge in [-0.1, -0.05) is 91.0 Å². The number of carbonyl (C=O) groups is 1. The largest absolute Gasteiger partial charge is 0.468 e. The first-order valence-corrected chi connectivity index (χ1v) is 10.3. The van der Waals surface area contributed by atoms with Crippen molar-refractivity contribution in [2.75, 3.05) is 7.11 Å². The van der Waals surface area contributed by atoms with E-state index in [1.54, 1.807) is 0 Å². The molecule has 4 nitrogen and oxygen atoms in total. The lowest BCUT2D eigenvalue weighted by molar-refractivity contribution is -0.146. The molecule has 3 aromatic carbocycles. The summed E-state index contributed by atoms with van der Waals surface area (Å²) in [4.78, 5) is 12.4. The number of hydrogen-bond donors (Lipinski definition) is 0. The van der Waals surface area contributed by atoms with E-state index >= 15 is 0 Å². The Labute approximate surface area is 183 Å². The molecule has 31 heavy (non-hydrogen) atoms. The molecule has 0 bridgehead atoms. The second kappa shape index (κ2) is 8.23. The first-order chi connectivity index (χ1) is 15.0. The van der Waals surface area contributed by atoms with Crippen molar-refractivity contribution in [2.45, 2.75) is 24.8 Å². The molecule has 0 amide bonds. The summed E-state index contributed by atoms with van der Waals surface area (Å²) in [6, 6.07) is 32.9. The van der Waals surface area contributed by atoms with Crippen molar-refractivity contribution >= 4 is 5.97 Å². The van der Waals surface area contributed by atoms with Gasteiger partial charge in [0.1, 0.15) is 11.0 Å². The molecule has 4 rings (SSSR count). The van der Waals surface area contributed by atoms with Crippen molar-refractivity contribution in [2.24, 2.45) is 0 Å². The molecule has 0 atom stereocenters. The van der Waals surface area contributed by atoms with Crippen LogP contribution in [0.4, 0.5) is 0 Å². The number of esters is 1. The van der Waals surface area contributed by atoms with Crippen LogP contribution in [0.1, 0.15) is 36.2 Å². The Kier molecular flexibility index (Phi) is 5.47. The molecule has 4 heteroatoms. The number of hydrogen-bond acceptors (Lipinski definition) is 3. The molecule has 0 fully saturated rings. The number of carbonyl (C=O) groups excluding carboxylic acids is 1. The van der Waals surface area contributed by atoms with Crippen molar-refractivity contribution in [3.05, 3.63) is 126 Å². The topological polar surface area (TPSA) is 44.1 Å². The summed E-state index contributed by atoms with van der Waals surface area (Å²) < 4.78 is 7.00. The Morgan fingerprint density at radius 2 is 1.16 bits per heavy atom. The van der Waals surface area contributed by atoms with E-state index < -0.39 is 11.0 Å². The average Bonchev–Trinajstić information content (AvgIpc) is 3.32. The third-order valence-electron chi connectivity index (χ3n) is 5.84. The molecule has 0 saturated heterocycles. The van der Waals surface area contributed by atoms with Gasteiger partial charge in [0.05, 0.1) is 12.8 Å². The molecular formula is C27H26N2O2. The number of ether oxygens (including phenoxy) is 1. The Morgan fingerprint density at radius 1 is 0.742 bits per heavy atom. The van der Waals surface area contributed by atoms with Gasteiger partial charge in [-0.25, -0.2) is 0 Å². The lowest BCUT2D eigenvalue weighted by Crippen LogP contribution is -2.39. The Morgan fingerprint density at radius 3 is 1.55 bits per heavy atom. The van der Waals surface area contributed by atoms with Crippen LogP contribution in [0.3, 0.4) is 0 Å². The maximum Gasteiger partial charge on any atom is 0.317 e. The van der Waals surface area contributed by atoms with E-state index in [2.05, 4.69) is 36.4 Å². The van der Waals surface area contributed by atoms with Gasteiger partial charge in [0, 0.05) is 6.20 Å². The lowest BCUT2D eigenvalue weighted by Gasteiger charge is -2.36. The molecule has 1 heterocycles. The summed E-state index contributed by atoms with van der Waals surface area (Å²) in [5.74, 6) is -0.317. The van der Waals surface area contributed by atoms with Crippen LogP contribution in [0.2, 0.25) is 0 Å². The second-order valence-corrected chi connectivity index (χ2v) is 8.07. The van der Waals surface area contributed by atoms with Crippen LogP contribution in [0.15, 0.2) is 103 Å². The van der Waals surface area contributed by atoms with Gasteiger partial charge in [0.2, 0.25) is 0 Å². The van der Waals surface area contributed by atoms with Gasteiger partial charge >= 0.3 is 5.97 Å². The number of nitrogens with zero attached hydrogens (tertiary/aromatic N) is 2. The number of methoxy groups -OCH3 is 1. The van der Waals surface area contributed by atoms with Crippen LogP contribution < -0.4 is 0 Å². The van der Waals surface area contributed by atoms with Crippen molar-refractivity contribution in [1.29, 1.82) is 0 Å². The van der Waals surface area contributed by atoms with E-state index in [0.29, 0.717) is 5.69 Å². The lowest BCUT2D eigenvalue weighted by atomic mass is 9.77. The fraction of sp³-hybridized carbons (Fsp3) is 0.185. The molecule has 0 aliphatic rings. The molecule has 0 spiro atoms. The average molecular weight is 411 g/mol. The van der Waals surface area contributed by atoms with E-state index in [9.17, 15) is 4.79 Å². The molecule has 1 aromatic heterocycles. The van der Waals surface area contributed by atoms with Gasteiger partial charge < -0.3 is 4.74 Å². The summed E-state index contributed by atoms with van der Waals surface area (Å²) in [5, 5.41) is 4.97. The highest BCUT2D eigenvalue weighted by atomic mass is 16.5. The minimum absolute atomic E-state index is 0.317. The van der Waals surface area contributed by atoms with Crippen LogP contribution in [-0.4, -0.2) is 22.9 Å². The Hall–Kier alpha value is -3.66. The Bertz CT molecular complexity index is 1050. The van der Waals surface area contributed by atoms with E-state index in [1.807, 2.05) is 85.4 Å². The normalized spacial score (nSPS) is 11.8. The smallest absolute Gasteiger partial charge is 0.317 e. The molecule has 156 valence electrons. The molecule has 0 saturated carbocycles. The van der Waals surface area contributed by atoms with Crippen molar-refractivity contribution in [3.63, 3.8) is 0 Å². The number of aromatic nitrogens is 2. The van der Waals surface area contributed by atoms with Crippen molar-refractivity contribution in [3.8, 4) is 0 Å². The summed E-state index contributed by atoms with van der Waals surface area (Å²) in [5.41, 5.74) is 2.34. The molecular weight excluding hydrogens is 384 g/mol. The molecule has 4 aromatic rings. The van der Waals surface area contributed by atoms with Gasteiger partial charge in [-0.2, -0.15) is 5.10 Å². The zero-order chi connectivity index (χ0) is 21.9. The van der Waals surface area contributed by atoms with Crippen LogP contribution >= 0.6 is 0 Å². The SMILES string of the molecule is COC(=O)C(C)(C)c1ccn(C(c2ccccc2)(c2ccccc2)c2ccccc2)n1. The van der Waals surface area contributed by atoms with Gasteiger partial charge in [-0.3, -0.25) is 9.48 Å². The summed E-state index contributed by atoms with van der Waals surface area (Å²) in [7, 11) is 1.41. The van der Waals surface area contributed by atoms with Crippen LogP contribution in [-0.2, 0) is 20.5 Å². The minimum Gasteiger partial charge on any atom is -0.468 e. The third-order valence-corrected chi connectivity index (χ3v) is 5.84. The molecule has 0 aliphatic heterocycles. The third kappa shape index (κ3) is 3.44. The minimum atomic E-state index is -0.865. The first kappa shape index (κ1) is 20.6. The van der Waals surface area contributed by atoms with Crippen LogP contribution in [0, 0.1) is 0 Å². The maximum absolute atomic E-state index is 12.4. The van der Waals surface area contributed by atoms with Gasteiger partial charge in [0.25, 0.3) is 0 Å². The van der Waals surface area contributed by atoms with E-state index in [-0.39, 0.29) is 5.97 Å². The predicted octanol–water partition coefficient (Wildman–Crippen LogP) is 5.17. The molecule has 0 radical (unpaired) electrons. The molecule has 0 unspecified atom stereocenters. The molecule has 0 aliphatic carbocycles. The zero-order valence-electron chi connectivity index (χ0n) is 18.0. The zero-order valence-corrected chi connectivity index (χ0v) is 18.0. The first-order valence-electron chi connectivity index (χ1n) is 10.3. The van der Waals surface area contributed by atoms with Crippen LogP contribution in [0.25, 0.3) is 0 Å². The fourth-order valence-electron chi connectivity index (χ4n) is 4.14. The number of benzene rings is 3. The van der Waals surface area contributed by atoms with Gasteiger partial charge in [0.15, 0.2) is 0 Å². The highest BCUT2D eigenvalue weighted by molar-refractivity contribution is 5.81. The second-order valence-electron chi connectivity index (χ2n) is 8.07. The summed E-state index contributed by atoms with van der Waals surface area (Å²) >= 11 is 0. The van der Waals surface area contributed by atoms with E-state index in [1.165, 1.54) is 7.11 Å². The van der Waals surface area contributed by atoms with Crippen LogP contribution in [0.5, 0.6) is 0 Å².